The highest BCUT2D eigenvalue weighted by Gasteiger charge is 2.44. The smallest absolute Gasteiger partial charge is 0.338 e. The number of halogens is 1. The van der Waals surface area contributed by atoms with Gasteiger partial charge in [-0.15, -0.1) is 0 Å². The van der Waals surface area contributed by atoms with Crippen molar-refractivity contribution in [3.8, 4) is 5.75 Å². The zero-order chi connectivity index (χ0) is 26.5. The Labute approximate surface area is 233 Å². The fourth-order valence-electron chi connectivity index (χ4n) is 5.39. The van der Waals surface area contributed by atoms with E-state index < -0.39 is 0 Å². The summed E-state index contributed by atoms with van der Waals surface area (Å²) in [6.07, 6.45) is 3.72. The van der Waals surface area contributed by atoms with E-state index in [0.29, 0.717) is 12.2 Å². The second kappa shape index (κ2) is 12.3. The van der Waals surface area contributed by atoms with E-state index >= 15 is 0 Å². The van der Waals surface area contributed by atoms with Gasteiger partial charge in [-0.3, -0.25) is 4.79 Å². The van der Waals surface area contributed by atoms with Crippen LogP contribution in [-0.4, -0.2) is 41.6 Å². The summed E-state index contributed by atoms with van der Waals surface area (Å²) in [5, 5.41) is 0.756. The van der Waals surface area contributed by atoms with Crippen molar-refractivity contribution in [1.29, 1.82) is 0 Å². The molecule has 0 radical (unpaired) electrons. The van der Waals surface area contributed by atoms with Gasteiger partial charge in [0.15, 0.2) is 0 Å². The molecule has 2 saturated heterocycles. The molecule has 2 heterocycles. The largest absolute Gasteiger partial charge is 0.490 e. The third kappa shape index (κ3) is 6.36. The predicted octanol–water partition coefficient (Wildman–Crippen LogP) is 7.16. The number of rotatable bonds is 9. The van der Waals surface area contributed by atoms with Crippen LogP contribution in [0.1, 0.15) is 64.4 Å². The highest BCUT2D eigenvalue weighted by Crippen LogP contribution is 2.38. The van der Waals surface area contributed by atoms with Crippen molar-refractivity contribution in [3.63, 3.8) is 0 Å². The van der Waals surface area contributed by atoms with Crippen LogP contribution in [0, 0.1) is 0 Å². The third-order valence-electron chi connectivity index (χ3n) is 7.24. The molecule has 2 fully saturated rings. The van der Waals surface area contributed by atoms with Gasteiger partial charge >= 0.3 is 5.97 Å². The number of piperidine rings is 1. The number of amides is 1. The van der Waals surface area contributed by atoms with Gasteiger partial charge in [-0.25, -0.2) is 4.79 Å². The van der Waals surface area contributed by atoms with Crippen molar-refractivity contribution in [2.75, 3.05) is 6.61 Å². The topological polar surface area (TPSA) is 55.8 Å². The Morgan fingerprint density at radius 2 is 1.39 bits per heavy atom. The lowest BCUT2D eigenvalue weighted by Gasteiger charge is -2.39. The van der Waals surface area contributed by atoms with Crippen molar-refractivity contribution < 1.29 is 19.1 Å². The molecule has 0 saturated carbocycles. The second-order valence-corrected chi connectivity index (χ2v) is 11.3. The number of carbonyl (C=O) groups is 2. The minimum absolute atomic E-state index is 0.0602. The Balaban J connectivity index is 1.13. The molecule has 1 amide bonds. The van der Waals surface area contributed by atoms with E-state index in [-0.39, 0.29) is 30.1 Å². The zero-order valence-corrected chi connectivity index (χ0v) is 23.0. The zero-order valence-electron chi connectivity index (χ0n) is 21.5. The highest BCUT2D eigenvalue weighted by atomic mass is 35.5. The number of benzene rings is 3. The summed E-state index contributed by atoms with van der Waals surface area (Å²) in [4.78, 5) is 27.4. The van der Waals surface area contributed by atoms with Crippen LogP contribution in [0.25, 0.3) is 0 Å². The Kier molecular flexibility index (Phi) is 8.60. The molecule has 38 heavy (non-hydrogen) atoms. The Hall–Kier alpha value is -2.96. The fraction of sp³-hybridized carbons (Fsp3) is 0.355. The van der Waals surface area contributed by atoms with Crippen molar-refractivity contribution in [2.45, 2.75) is 62.3 Å². The van der Waals surface area contributed by atoms with Gasteiger partial charge in [0.05, 0.1) is 12.2 Å². The van der Waals surface area contributed by atoms with Crippen LogP contribution in [0.4, 0.5) is 0 Å². The van der Waals surface area contributed by atoms with E-state index in [4.69, 9.17) is 21.1 Å². The summed E-state index contributed by atoms with van der Waals surface area (Å²) in [5.74, 6) is 2.36. The van der Waals surface area contributed by atoms with Crippen LogP contribution >= 0.6 is 23.4 Å². The van der Waals surface area contributed by atoms with Gasteiger partial charge in [-0.2, -0.15) is 11.8 Å². The molecule has 5 rings (SSSR count). The maximum atomic E-state index is 13.4. The molecule has 0 spiro atoms. The first-order valence-corrected chi connectivity index (χ1v) is 14.7. The Morgan fingerprint density at radius 3 is 1.97 bits per heavy atom. The number of hydrogen-bond acceptors (Lipinski definition) is 5. The predicted molar refractivity (Wildman–Crippen MR) is 152 cm³/mol. The van der Waals surface area contributed by atoms with E-state index in [1.807, 2.05) is 48.2 Å². The minimum Gasteiger partial charge on any atom is -0.490 e. The SMILES string of the molecule is CCOC(=O)c1ccc(OC2C[C@H]3CC[C@@H](C2)N3C(=O)c2ccc(CSCc3ccc(Cl)cc3)cc2)cc1. The molecule has 0 aromatic heterocycles. The number of hydrogen-bond donors (Lipinski definition) is 0. The molecule has 1 unspecified atom stereocenters. The summed E-state index contributed by atoms with van der Waals surface area (Å²) >= 11 is 7.81. The highest BCUT2D eigenvalue weighted by molar-refractivity contribution is 7.97. The van der Waals surface area contributed by atoms with Gasteiger partial charge in [0.2, 0.25) is 0 Å². The maximum Gasteiger partial charge on any atom is 0.338 e. The molecule has 3 atom stereocenters. The standard InChI is InChI=1S/C31H32ClNO4S/c1-2-36-31(35)24-9-15-28(16-10-24)37-29-17-26-13-14-27(18-29)33(26)30(34)23-7-3-21(4-8-23)19-38-20-22-5-11-25(32)12-6-22/h3-12,15-16,26-27,29H,2,13-14,17-20H2,1H3/t26-,27+,29?. The number of fused-ring (bicyclic) bond motifs is 2. The lowest BCUT2D eigenvalue weighted by Crippen LogP contribution is -2.49. The number of esters is 1. The molecule has 0 N–H and O–H groups in total. The molecule has 2 bridgehead atoms. The molecule has 5 nitrogen and oxygen atoms in total. The average molecular weight is 550 g/mol. The van der Waals surface area contributed by atoms with Crippen molar-refractivity contribution in [2.24, 2.45) is 0 Å². The van der Waals surface area contributed by atoms with Crippen molar-refractivity contribution in [1.82, 2.24) is 4.90 Å². The van der Waals surface area contributed by atoms with Gasteiger partial charge in [-0.1, -0.05) is 35.9 Å². The monoisotopic (exact) mass is 549 g/mol. The van der Waals surface area contributed by atoms with Crippen LogP contribution < -0.4 is 4.74 Å². The molecule has 2 aliphatic heterocycles. The van der Waals surface area contributed by atoms with Gasteiger partial charge < -0.3 is 14.4 Å². The fourth-order valence-corrected chi connectivity index (χ4v) is 6.48. The number of carbonyl (C=O) groups excluding carboxylic acids is 2. The lowest BCUT2D eigenvalue weighted by molar-refractivity contribution is 0.0359. The Bertz CT molecular complexity index is 1230. The molecular weight excluding hydrogens is 518 g/mol. The molecule has 3 aromatic rings. The van der Waals surface area contributed by atoms with Crippen molar-refractivity contribution in [3.05, 3.63) is 100 Å². The first-order valence-electron chi connectivity index (χ1n) is 13.2. The summed E-state index contributed by atoms with van der Waals surface area (Å²) < 4.78 is 11.3. The molecule has 2 aliphatic rings. The number of ether oxygens (including phenoxy) is 2. The summed E-state index contributed by atoms with van der Waals surface area (Å²) in [6, 6.07) is 23.5. The van der Waals surface area contributed by atoms with Gasteiger partial charge in [0.1, 0.15) is 11.9 Å². The van der Waals surface area contributed by atoms with E-state index in [9.17, 15) is 9.59 Å². The van der Waals surface area contributed by atoms with E-state index in [1.165, 1.54) is 11.1 Å². The van der Waals surface area contributed by atoms with Gasteiger partial charge in [-0.05, 0) is 79.4 Å². The van der Waals surface area contributed by atoms with Crippen LogP contribution in [0.2, 0.25) is 5.02 Å². The first-order chi connectivity index (χ1) is 18.5. The quantitative estimate of drug-likeness (QED) is 0.265. The number of nitrogens with zero attached hydrogens (tertiary/aromatic N) is 1. The normalized spacial score (nSPS) is 20.3. The number of thioether (sulfide) groups is 1. The van der Waals surface area contributed by atoms with E-state index in [1.54, 1.807) is 19.1 Å². The maximum absolute atomic E-state index is 13.4. The molecular formula is C31H32ClNO4S. The van der Waals surface area contributed by atoms with Crippen LogP contribution in [0.5, 0.6) is 5.75 Å². The molecule has 7 heteroatoms. The summed E-state index contributed by atoms with van der Waals surface area (Å²) in [6.45, 7) is 2.14. The van der Waals surface area contributed by atoms with Crippen LogP contribution in [-0.2, 0) is 16.2 Å². The first kappa shape index (κ1) is 26.6. The van der Waals surface area contributed by atoms with Crippen LogP contribution in [0.15, 0.2) is 72.8 Å². The third-order valence-corrected chi connectivity index (χ3v) is 8.57. The summed E-state index contributed by atoms with van der Waals surface area (Å²) in [5.41, 5.74) is 3.74. The molecule has 3 aromatic carbocycles. The minimum atomic E-state index is -0.325. The average Bonchev–Trinajstić information content (AvgIpc) is 3.20. The van der Waals surface area contributed by atoms with Crippen molar-refractivity contribution >= 4 is 35.2 Å². The van der Waals surface area contributed by atoms with E-state index in [2.05, 4.69) is 29.2 Å². The van der Waals surface area contributed by atoms with Gasteiger partial charge in [0.25, 0.3) is 5.91 Å². The van der Waals surface area contributed by atoms with Gasteiger partial charge in [0, 0.05) is 47.0 Å². The Morgan fingerprint density at radius 1 is 0.842 bits per heavy atom. The molecule has 198 valence electrons. The second-order valence-electron chi connectivity index (χ2n) is 9.87. The summed E-state index contributed by atoms with van der Waals surface area (Å²) in [7, 11) is 0. The lowest BCUT2D eigenvalue weighted by atomic mass is 9.98. The molecule has 0 aliphatic carbocycles. The van der Waals surface area contributed by atoms with Crippen LogP contribution in [0.3, 0.4) is 0 Å². The van der Waals surface area contributed by atoms with E-state index in [0.717, 1.165) is 53.5 Å².